The quantitative estimate of drug-likeness (QED) is 0.338. The van der Waals surface area contributed by atoms with Crippen LogP contribution in [0, 0.1) is 0 Å². The molecule has 0 aliphatic rings. The molecule has 7 heteroatoms. The van der Waals surface area contributed by atoms with Gasteiger partial charge in [-0.1, -0.05) is 24.3 Å². The number of hydrogen-bond acceptors (Lipinski definition) is 3. The Morgan fingerprint density at radius 3 is 2.54 bits per heavy atom. The fourth-order valence-corrected chi connectivity index (χ4v) is 3.78. The van der Waals surface area contributed by atoms with Gasteiger partial charge in [0.2, 0.25) is 0 Å². The van der Waals surface area contributed by atoms with Crippen molar-refractivity contribution < 1.29 is 5.11 Å². The first-order valence-corrected chi connectivity index (χ1v) is 9.16. The minimum atomic E-state index is 0. The van der Waals surface area contributed by atoms with Crippen molar-refractivity contribution in [2.75, 3.05) is 13.6 Å². The van der Waals surface area contributed by atoms with E-state index in [4.69, 9.17) is 4.99 Å². The van der Waals surface area contributed by atoms with E-state index in [0.29, 0.717) is 6.54 Å². The van der Waals surface area contributed by atoms with E-state index in [0.717, 1.165) is 34.0 Å². The maximum Gasteiger partial charge on any atom is 0.194 e. The fraction of sp³-hybridized carbons (Fsp3) is 0.353. The van der Waals surface area contributed by atoms with Gasteiger partial charge in [0.25, 0.3) is 0 Å². The minimum absolute atomic E-state index is 0. The van der Waals surface area contributed by atoms with Crippen LogP contribution < -0.4 is 5.32 Å². The summed E-state index contributed by atoms with van der Waals surface area (Å²) in [6.07, 6.45) is 0. The van der Waals surface area contributed by atoms with Crippen LogP contribution in [0.25, 0.3) is 0 Å². The Kier molecular flexibility index (Phi) is 9.87. The molecule has 0 unspecified atom stereocenters. The highest BCUT2D eigenvalue weighted by atomic mass is 127. The average molecular weight is 524 g/mol. The fourth-order valence-electron chi connectivity index (χ4n) is 2.24. The van der Waals surface area contributed by atoms with Crippen LogP contribution in [0.5, 0.6) is 0 Å². The van der Waals surface area contributed by atoms with Crippen molar-refractivity contribution in [2.24, 2.45) is 4.99 Å². The number of halogens is 2. The molecule has 2 aromatic rings. The molecule has 0 aliphatic carbocycles. The van der Waals surface area contributed by atoms with E-state index < -0.39 is 0 Å². The smallest absolute Gasteiger partial charge is 0.194 e. The molecular formula is C17H23BrIN3OS. The predicted octanol–water partition coefficient (Wildman–Crippen LogP) is 4.22. The molecule has 2 rings (SSSR count). The summed E-state index contributed by atoms with van der Waals surface area (Å²) in [5, 5.41) is 12.7. The molecule has 2 N–H and O–H groups in total. The van der Waals surface area contributed by atoms with Crippen LogP contribution in [0.4, 0.5) is 0 Å². The third-order valence-corrected chi connectivity index (χ3v) is 5.01. The van der Waals surface area contributed by atoms with Crippen molar-refractivity contribution in [2.45, 2.75) is 26.6 Å². The summed E-state index contributed by atoms with van der Waals surface area (Å²) in [6, 6.07) is 12.0. The van der Waals surface area contributed by atoms with Gasteiger partial charge in [0.15, 0.2) is 5.96 Å². The monoisotopic (exact) mass is 523 g/mol. The Balaban J connectivity index is 0.00000288. The molecule has 1 aromatic heterocycles. The molecular weight excluding hydrogens is 501 g/mol. The third kappa shape index (κ3) is 6.34. The maximum atomic E-state index is 9.42. The lowest BCUT2D eigenvalue weighted by Crippen LogP contribution is -2.38. The van der Waals surface area contributed by atoms with Gasteiger partial charge in [-0.3, -0.25) is 0 Å². The van der Waals surface area contributed by atoms with Gasteiger partial charge in [-0.25, -0.2) is 4.99 Å². The first-order chi connectivity index (χ1) is 11.1. The number of nitrogens with one attached hydrogen (secondary N) is 1. The minimum Gasteiger partial charge on any atom is -0.392 e. The van der Waals surface area contributed by atoms with Gasteiger partial charge < -0.3 is 15.3 Å². The van der Waals surface area contributed by atoms with Gasteiger partial charge in [-0.05, 0) is 46.1 Å². The summed E-state index contributed by atoms with van der Waals surface area (Å²) in [4.78, 5) is 8.10. The van der Waals surface area contributed by atoms with Crippen LogP contribution in [-0.4, -0.2) is 29.6 Å². The molecule has 0 saturated heterocycles. The molecule has 1 aromatic carbocycles. The largest absolute Gasteiger partial charge is 0.392 e. The molecule has 0 bridgehead atoms. The van der Waals surface area contributed by atoms with Crippen molar-refractivity contribution in [3.8, 4) is 0 Å². The molecule has 4 nitrogen and oxygen atoms in total. The van der Waals surface area contributed by atoms with E-state index in [-0.39, 0.29) is 30.6 Å². The Morgan fingerprint density at radius 2 is 1.96 bits per heavy atom. The summed E-state index contributed by atoms with van der Waals surface area (Å²) < 4.78 is 1.14. The number of benzene rings is 1. The summed E-state index contributed by atoms with van der Waals surface area (Å²) in [7, 11) is 2.03. The Hall–Kier alpha value is -0.640. The zero-order valence-corrected chi connectivity index (χ0v) is 18.6. The molecule has 0 saturated carbocycles. The van der Waals surface area contributed by atoms with Gasteiger partial charge in [-0.15, -0.1) is 35.3 Å². The van der Waals surface area contributed by atoms with Crippen molar-refractivity contribution in [1.82, 2.24) is 10.2 Å². The zero-order valence-electron chi connectivity index (χ0n) is 13.8. The number of aliphatic hydroxyl groups excluding tert-OH is 1. The normalized spacial score (nSPS) is 11.1. The van der Waals surface area contributed by atoms with Gasteiger partial charge in [0.1, 0.15) is 0 Å². The molecule has 0 amide bonds. The predicted molar refractivity (Wildman–Crippen MR) is 116 cm³/mol. The highest BCUT2D eigenvalue weighted by Gasteiger charge is 2.08. The Morgan fingerprint density at radius 1 is 1.25 bits per heavy atom. The lowest BCUT2D eigenvalue weighted by molar-refractivity contribution is 0.280. The van der Waals surface area contributed by atoms with Crippen LogP contribution in [0.2, 0.25) is 0 Å². The van der Waals surface area contributed by atoms with E-state index in [1.165, 1.54) is 4.88 Å². The second-order valence-corrected chi connectivity index (χ2v) is 7.71. The lowest BCUT2D eigenvalue weighted by Gasteiger charge is -2.21. The van der Waals surface area contributed by atoms with Crippen molar-refractivity contribution >= 4 is 57.2 Å². The van der Waals surface area contributed by atoms with E-state index in [1.54, 1.807) is 11.3 Å². The number of thiophene rings is 1. The summed E-state index contributed by atoms with van der Waals surface area (Å²) >= 11 is 5.23. The van der Waals surface area contributed by atoms with Crippen molar-refractivity contribution in [3.05, 3.63) is 56.2 Å². The van der Waals surface area contributed by atoms with E-state index in [1.807, 2.05) is 31.3 Å². The standard InChI is InChI=1S/C17H22BrN3OS.HI/c1-3-19-17(21(2)11-15-8-9-16(18)23-15)20-10-13-6-4-5-7-14(13)12-22;/h4-9,22H,3,10-12H2,1-2H3,(H,19,20);1H. The summed E-state index contributed by atoms with van der Waals surface area (Å²) in [6.45, 7) is 4.29. The number of aliphatic hydroxyl groups is 1. The number of hydrogen-bond donors (Lipinski definition) is 2. The maximum absolute atomic E-state index is 9.42. The lowest BCUT2D eigenvalue weighted by atomic mass is 10.1. The van der Waals surface area contributed by atoms with Gasteiger partial charge in [0.05, 0.1) is 23.5 Å². The van der Waals surface area contributed by atoms with Gasteiger partial charge >= 0.3 is 0 Å². The van der Waals surface area contributed by atoms with Gasteiger partial charge in [0, 0.05) is 18.5 Å². The van der Waals surface area contributed by atoms with Gasteiger partial charge in [-0.2, -0.15) is 0 Å². The van der Waals surface area contributed by atoms with Crippen LogP contribution >= 0.6 is 51.2 Å². The Labute approximate surface area is 173 Å². The zero-order chi connectivity index (χ0) is 16.7. The van der Waals surface area contributed by atoms with Crippen LogP contribution in [0.3, 0.4) is 0 Å². The third-order valence-electron chi connectivity index (χ3n) is 3.41. The number of rotatable bonds is 6. The first-order valence-electron chi connectivity index (χ1n) is 7.55. The molecule has 0 atom stereocenters. The SMILES string of the molecule is CCNC(=NCc1ccccc1CO)N(C)Cc1ccc(Br)s1.I. The van der Waals surface area contributed by atoms with Crippen LogP contribution in [-0.2, 0) is 19.7 Å². The number of guanidine groups is 1. The molecule has 0 radical (unpaired) electrons. The number of aliphatic imine (C=N–C) groups is 1. The van der Waals surface area contributed by atoms with Crippen LogP contribution in [0.15, 0.2) is 45.2 Å². The first kappa shape index (κ1) is 21.4. The average Bonchev–Trinajstić information content (AvgIpc) is 2.96. The second-order valence-electron chi connectivity index (χ2n) is 5.16. The summed E-state index contributed by atoms with van der Waals surface area (Å²) in [5.74, 6) is 0.866. The highest BCUT2D eigenvalue weighted by Crippen LogP contribution is 2.23. The van der Waals surface area contributed by atoms with Crippen LogP contribution in [0.1, 0.15) is 22.9 Å². The van der Waals surface area contributed by atoms with E-state index in [2.05, 4.69) is 45.2 Å². The molecule has 0 spiro atoms. The second kappa shape index (κ2) is 11.1. The van der Waals surface area contributed by atoms with E-state index in [9.17, 15) is 5.11 Å². The highest BCUT2D eigenvalue weighted by molar-refractivity contribution is 14.0. The molecule has 0 aliphatic heterocycles. The molecule has 132 valence electrons. The van der Waals surface area contributed by atoms with Crippen molar-refractivity contribution in [1.29, 1.82) is 0 Å². The van der Waals surface area contributed by atoms with E-state index >= 15 is 0 Å². The molecule has 1 heterocycles. The Bertz CT molecular complexity index is 663. The van der Waals surface area contributed by atoms with Crippen molar-refractivity contribution in [3.63, 3.8) is 0 Å². The topological polar surface area (TPSA) is 47.9 Å². The molecule has 24 heavy (non-hydrogen) atoms. The summed E-state index contributed by atoms with van der Waals surface area (Å²) in [5.41, 5.74) is 1.98. The number of nitrogens with zero attached hydrogens (tertiary/aromatic N) is 2. The molecule has 0 fully saturated rings.